The molecule has 5 nitrogen and oxygen atoms in total. The van der Waals surface area contributed by atoms with E-state index < -0.39 is 23.4 Å². The van der Waals surface area contributed by atoms with E-state index in [1.165, 1.54) is 10.9 Å². The van der Waals surface area contributed by atoms with Crippen LogP contribution in [0.4, 0.5) is 13.2 Å². The second-order valence-corrected chi connectivity index (χ2v) is 7.94. The van der Waals surface area contributed by atoms with Crippen LogP contribution < -0.4 is 5.56 Å². The monoisotopic (exact) mass is 464 g/mol. The van der Waals surface area contributed by atoms with E-state index in [1.807, 2.05) is 30.3 Å². The number of rotatable bonds is 5. The third-order valence-electron chi connectivity index (χ3n) is 4.72. The Balaban J connectivity index is 1.93. The van der Waals surface area contributed by atoms with Crippen molar-refractivity contribution >= 4 is 35.4 Å². The van der Waals surface area contributed by atoms with E-state index in [2.05, 4.69) is 22.6 Å². The van der Waals surface area contributed by atoms with Crippen molar-refractivity contribution in [2.45, 2.75) is 24.3 Å². The van der Waals surface area contributed by atoms with Gasteiger partial charge in [-0.2, -0.15) is 25.8 Å². The second kappa shape index (κ2) is 8.39. The summed E-state index contributed by atoms with van der Waals surface area (Å²) in [5.41, 5.74) is 0.988. The molecule has 1 unspecified atom stereocenters. The van der Waals surface area contributed by atoms with Gasteiger partial charge in [-0.3, -0.25) is 13.9 Å². The van der Waals surface area contributed by atoms with Crippen LogP contribution >= 0.6 is 24.2 Å². The van der Waals surface area contributed by atoms with Gasteiger partial charge in [0.2, 0.25) is 0 Å². The summed E-state index contributed by atoms with van der Waals surface area (Å²) in [6.45, 7) is 0. The Hall–Kier alpha value is -2.78. The normalized spacial score (nSPS) is 12.9. The molecule has 0 aliphatic rings. The molecule has 0 aliphatic heterocycles. The number of para-hydroxylation sites is 1. The molecule has 2 aromatic heterocycles. The fourth-order valence-corrected chi connectivity index (χ4v) is 3.67. The highest BCUT2D eigenvalue weighted by Gasteiger charge is 2.30. The average Bonchev–Trinajstić information content (AvgIpc) is 3.17. The predicted molar refractivity (Wildman–Crippen MR) is 116 cm³/mol. The van der Waals surface area contributed by atoms with Crippen LogP contribution in [0.2, 0.25) is 5.02 Å². The number of imidazole rings is 1. The van der Waals surface area contributed by atoms with Crippen molar-refractivity contribution in [1.29, 1.82) is 0 Å². The third kappa shape index (κ3) is 4.47. The fourth-order valence-electron chi connectivity index (χ4n) is 3.24. The molecule has 160 valence electrons. The molecule has 0 spiro atoms. The number of thiol groups is 1. The quantitative estimate of drug-likeness (QED) is 0.395. The first-order valence-electron chi connectivity index (χ1n) is 9.31. The minimum absolute atomic E-state index is 0.0962. The summed E-state index contributed by atoms with van der Waals surface area (Å²) in [5.74, 6) is 0.102. The van der Waals surface area contributed by atoms with Gasteiger partial charge >= 0.3 is 6.18 Å². The number of hydrogen-bond acceptors (Lipinski definition) is 4. The molecule has 2 heterocycles. The van der Waals surface area contributed by atoms with Crippen molar-refractivity contribution in [3.8, 4) is 11.4 Å². The minimum Gasteiger partial charge on any atom is -0.283 e. The van der Waals surface area contributed by atoms with Crippen LogP contribution in [0.15, 0.2) is 65.7 Å². The summed E-state index contributed by atoms with van der Waals surface area (Å²) in [6.07, 6.45) is -4.26. The molecule has 0 saturated carbocycles. The molecule has 2 aromatic carbocycles. The van der Waals surface area contributed by atoms with E-state index in [0.717, 1.165) is 5.69 Å². The number of halogens is 4. The van der Waals surface area contributed by atoms with E-state index in [1.54, 1.807) is 28.8 Å². The Bertz CT molecular complexity index is 1270. The lowest BCUT2D eigenvalue weighted by molar-refractivity contribution is -0.135. The summed E-state index contributed by atoms with van der Waals surface area (Å²) >= 11 is 10.3. The van der Waals surface area contributed by atoms with Crippen LogP contribution in [-0.4, -0.2) is 25.3 Å². The first kappa shape index (κ1) is 21.5. The van der Waals surface area contributed by atoms with Gasteiger partial charge in [0.25, 0.3) is 5.56 Å². The smallest absolute Gasteiger partial charge is 0.283 e. The number of fused-ring (bicyclic) bond motifs is 1. The SMILES string of the molecule is O=c1c2ncn(-c3ccccc3)c2nc(C(S)CCC(F)(F)F)n1-c1ccc(Cl)cc1. The lowest BCUT2D eigenvalue weighted by atomic mass is 10.2. The highest BCUT2D eigenvalue weighted by molar-refractivity contribution is 7.80. The lowest BCUT2D eigenvalue weighted by Crippen LogP contribution is -2.25. The molecule has 10 heteroatoms. The number of nitrogens with zero attached hydrogens (tertiary/aromatic N) is 4. The topological polar surface area (TPSA) is 52.7 Å². The maximum atomic E-state index is 13.3. The van der Waals surface area contributed by atoms with Crippen LogP contribution in [-0.2, 0) is 0 Å². The molecule has 0 bridgehead atoms. The fraction of sp³-hybridized carbons (Fsp3) is 0.190. The molecule has 0 aliphatic carbocycles. The van der Waals surface area contributed by atoms with Crippen molar-refractivity contribution in [3.63, 3.8) is 0 Å². The molecular formula is C21H16ClF3N4OS. The van der Waals surface area contributed by atoms with Crippen molar-refractivity contribution in [1.82, 2.24) is 19.1 Å². The zero-order valence-electron chi connectivity index (χ0n) is 15.9. The van der Waals surface area contributed by atoms with Crippen molar-refractivity contribution < 1.29 is 13.2 Å². The number of benzene rings is 2. The van der Waals surface area contributed by atoms with Gasteiger partial charge in [0.05, 0.1) is 10.9 Å². The van der Waals surface area contributed by atoms with E-state index in [9.17, 15) is 18.0 Å². The Morgan fingerprint density at radius 2 is 1.71 bits per heavy atom. The van der Waals surface area contributed by atoms with E-state index >= 15 is 0 Å². The summed E-state index contributed by atoms with van der Waals surface area (Å²) in [7, 11) is 0. The Morgan fingerprint density at radius 3 is 2.35 bits per heavy atom. The first-order chi connectivity index (χ1) is 14.7. The second-order valence-electron chi connectivity index (χ2n) is 6.88. The highest BCUT2D eigenvalue weighted by atomic mass is 35.5. The minimum atomic E-state index is -4.34. The van der Waals surface area contributed by atoms with Gasteiger partial charge in [-0.1, -0.05) is 29.8 Å². The largest absolute Gasteiger partial charge is 0.389 e. The van der Waals surface area contributed by atoms with Crippen LogP contribution in [0.25, 0.3) is 22.5 Å². The molecule has 0 amide bonds. The maximum Gasteiger partial charge on any atom is 0.389 e. The Morgan fingerprint density at radius 1 is 1.03 bits per heavy atom. The van der Waals surface area contributed by atoms with Gasteiger partial charge in [-0.05, 0) is 42.8 Å². The number of hydrogen-bond donors (Lipinski definition) is 1. The van der Waals surface area contributed by atoms with Gasteiger partial charge in [0, 0.05) is 17.1 Å². The van der Waals surface area contributed by atoms with Crippen LogP contribution in [0, 0.1) is 0 Å². The highest BCUT2D eigenvalue weighted by Crippen LogP contribution is 2.32. The van der Waals surface area contributed by atoms with Crippen molar-refractivity contribution in [2.75, 3.05) is 0 Å². The first-order valence-corrected chi connectivity index (χ1v) is 10.2. The molecule has 4 rings (SSSR count). The lowest BCUT2D eigenvalue weighted by Gasteiger charge is -2.18. The maximum absolute atomic E-state index is 13.3. The number of alkyl halides is 3. The van der Waals surface area contributed by atoms with Gasteiger partial charge in [-0.15, -0.1) is 0 Å². The van der Waals surface area contributed by atoms with Crippen molar-refractivity contribution in [2.24, 2.45) is 0 Å². The molecule has 1 atom stereocenters. The molecule has 0 saturated heterocycles. The standard InChI is InChI=1S/C21H16ClF3N4OS/c22-13-6-8-15(9-7-13)29-18(16(31)10-11-21(23,24)25)27-19-17(20(29)30)26-12-28(19)14-4-2-1-3-5-14/h1-9,12,16,31H,10-11H2. The van der Waals surface area contributed by atoms with Crippen molar-refractivity contribution in [3.05, 3.63) is 82.1 Å². The predicted octanol–water partition coefficient (Wildman–Crippen LogP) is 5.54. The Kier molecular flexibility index (Phi) is 5.81. The van der Waals surface area contributed by atoms with Crippen LogP contribution in [0.5, 0.6) is 0 Å². The molecule has 4 aromatic rings. The summed E-state index contributed by atoms with van der Waals surface area (Å²) in [6, 6.07) is 15.5. The molecule has 0 fully saturated rings. The van der Waals surface area contributed by atoms with Gasteiger partial charge in [-0.25, -0.2) is 9.97 Å². The zero-order valence-corrected chi connectivity index (χ0v) is 17.6. The average molecular weight is 465 g/mol. The van der Waals surface area contributed by atoms with Gasteiger partial charge in [0.1, 0.15) is 12.2 Å². The summed E-state index contributed by atoms with van der Waals surface area (Å²) in [5, 5.41) is -0.478. The third-order valence-corrected chi connectivity index (χ3v) is 5.46. The summed E-state index contributed by atoms with van der Waals surface area (Å²) in [4.78, 5) is 22.1. The van der Waals surface area contributed by atoms with E-state index in [-0.39, 0.29) is 23.4 Å². The molecule has 0 radical (unpaired) electrons. The van der Waals surface area contributed by atoms with E-state index in [0.29, 0.717) is 10.7 Å². The van der Waals surface area contributed by atoms with Gasteiger partial charge < -0.3 is 0 Å². The molecule has 31 heavy (non-hydrogen) atoms. The van der Waals surface area contributed by atoms with Gasteiger partial charge in [0.15, 0.2) is 11.2 Å². The molecular weight excluding hydrogens is 449 g/mol. The molecule has 0 N–H and O–H groups in total. The van der Waals surface area contributed by atoms with E-state index in [4.69, 9.17) is 11.6 Å². The number of aromatic nitrogens is 4. The zero-order chi connectivity index (χ0) is 22.2. The Labute approximate surface area is 185 Å². The van der Waals surface area contributed by atoms with Crippen LogP contribution in [0.3, 0.4) is 0 Å². The van der Waals surface area contributed by atoms with Crippen LogP contribution in [0.1, 0.15) is 23.9 Å². The summed E-state index contributed by atoms with van der Waals surface area (Å²) < 4.78 is 41.3.